The minimum Gasteiger partial charge on any atom is -0.316 e. The first kappa shape index (κ1) is 17.5. The molecule has 1 atom stereocenters. The second kappa shape index (κ2) is 8.05. The summed E-state index contributed by atoms with van der Waals surface area (Å²) in [6.45, 7) is 13.6. The second-order valence-electron chi connectivity index (χ2n) is 7.40. The smallest absolute Gasteiger partial charge is 0.0406 e. The van der Waals surface area contributed by atoms with Gasteiger partial charge in [-0.25, -0.2) is 0 Å². The highest BCUT2D eigenvalue weighted by Crippen LogP contribution is 2.29. The Bertz CT molecular complexity index is 375. The van der Waals surface area contributed by atoms with E-state index >= 15 is 0 Å². The van der Waals surface area contributed by atoms with Crippen LogP contribution in [0.3, 0.4) is 0 Å². The van der Waals surface area contributed by atoms with Crippen LogP contribution in [-0.2, 0) is 0 Å². The monoisotopic (exact) mass is 295 g/mol. The van der Waals surface area contributed by atoms with Crippen molar-refractivity contribution in [2.45, 2.75) is 53.4 Å². The minimum atomic E-state index is 0.392. The normalized spacial score (nSPS) is 13.8. The minimum absolute atomic E-state index is 0.392. The zero-order valence-electron chi connectivity index (χ0n) is 13.7. The Kier molecular flexibility index (Phi) is 7.05. The molecule has 0 aromatic heterocycles. The molecule has 20 heavy (non-hydrogen) atoms. The van der Waals surface area contributed by atoms with E-state index < -0.39 is 0 Å². The van der Waals surface area contributed by atoms with E-state index in [2.05, 4.69) is 52.1 Å². The first-order chi connectivity index (χ1) is 9.28. The summed E-state index contributed by atoms with van der Waals surface area (Å²) >= 11 is 6.00. The van der Waals surface area contributed by atoms with Crippen molar-refractivity contribution in [2.75, 3.05) is 13.1 Å². The summed E-state index contributed by atoms with van der Waals surface area (Å²) in [5, 5.41) is 4.42. The van der Waals surface area contributed by atoms with E-state index in [1.165, 1.54) is 18.4 Å². The quantitative estimate of drug-likeness (QED) is 0.701. The SMILES string of the molecule is CC(C)CNCC(CCC(C)(C)C)c1ccc(Cl)cc1. The van der Waals surface area contributed by atoms with Crippen molar-refractivity contribution in [3.8, 4) is 0 Å². The molecule has 2 heteroatoms. The molecule has 1 aromatic rings. The average Bonchev–Trinajstić information content (AvgIpc) is 2.33. The van der Waals surface area contributed by atoms with Gasteiger partial charge in [0.25, 0.3) is 0 Å². The fraction of sp³-hybridized carbons (Fsp3) is 0.667. The molecule has 0 aliphatic heterocycles. The number of hydrogen-bond acceptors (Lipinski definition) is 1. The summed E-state index contributed by atoms with van der Waals surface area (Å²) in [5.74, 6) is 1.27. The number of hydrogen-bond donors (Lipinski definition) is 1. The van der Waals surface area contributed by atoms with Gasteiger partial charge >= 0.3 is 0 Å². The molecule has 0 amide bonds. The van der Waals surface area contributed by atoms with Gasteiger partial charge in [-0.1, -0.05) is 58.4 Å². The largest absolute Gasteiger partial charge is 0.316 e. The fourth-order valence-corrected chi connectivity index (χ4v) is 2.40. The van der Waals surface area contributed by atoms with Gasteiger partial charge in [-0.3, -0.25) is 0 Å². The maximum atomic E-state index is 6.00. The van der Waals surface area contributed by atoms with E-state index in [1.54, 1.807) is 0 Å². The van der Waals surface area contributed by atoms with Crippen molar-refractivity contribution in [1.29, 1.82) is 0 Å². The standard InChI is InChI=1S/C18H30ClN/c1-14(2)12-20-13-16(10-11-18(3,4)5)15-6-8-17(19)9-7-15/h6-9,14,16,20H,10-13H2,1-5H3. The molecule has 1 aromatic carbocycles. The Labute approximate surface area is 130 Å². The molecule has 114 valence electrons. The lowest BCUT2D eigenvalue weighted by Crippen LogP contribution is -2.26. The molecule has 0 bridgehead atoms. The van der Waals surface area contributed by atoms with E-state index in [4.69, 9.17) is 11.6 Å². The summed E-state index contributed by atoms with van der Waals surface area (Å²) in [6.07, 6.45) is 2.46. The molecule has 1 rings (SSSR count). The van der Waals surface area contributed by atoms with Crippen LogP contribution in [0.1, 0.15) is 58.9 Å². The van der Waals surface area contributed by atoms with Crippen LogP contribution in [0.5, 0.6) is 0 Å². The van der Waals surface area contributed by atoms with Crippen LogP contribution in [0, 0.1) is 11.3 Å². The number of nitrogens with one attached hydrogen (secondary N) is 1. The van der Waals surface area contributed by atoms with E-state index in [0.29, 0.717) is 17.3 Å². The van der Waals surface area contributed by atoms with Gasteiger partial charge in [0.2, 0.25) is 0 Å². The highest BCUT2D eigenvalue weighted by Gasteiger charge is 2.17. The van der Waals surface area contributed by atoms with Crippen LogP contribution < -0.4 is 5.32 Å². The van der Waals surface area contributed by atoms with Crippen molar-refractivity contribution >= 4 is 11.6 Å². The summed E-state index contributed by atoms with van der Waals surface area (Å²) in [4.78, 5) is 0. The van der Waals surface area contributed by atoms with Gasteiger partial charge in [0.05, 0.1) is 0 Å². The van der Waals surface area contributed by atoms with Crippen LogP contribution in [0.4, 0.5) is 0 Å². The van der Waals surface area contributed by atoms with Crippen molar-refractivity contribution < 1.29 is 0 Å². The Hall–Kier alpha value is -0.530. The lowest BCUT2D eigenvalue weighted by atomic mass is 9.84. The first-order valence-corrected chi connectivity index (χ1v) is 8.12. The highest BCUT2D eigenvalue weighted by atomic mass is 35.5. The molecule has 0 heterocycles. The van der Waals surface area contributed by atoms with Gasteiger partial charge in [0, 0.05) is 11.6 Å². The Balaban J connectivity index is 2.65. The zero-order chi connectivity index (χ0) is 15.2. The number of halogens is 1. The summed E-state index contributed by atoms with van der Waals surface area (Å²) in [7, 11) is 0. The fourth-order valence-electron chi connectivity index (χ4n) is 2.28. The van der Waals surface area contributed by atoms with E-state index in [9.17, 15) is 0 Å². The Morgan fingerprint density at radius 1 is 1.05 bits per heavy atom. The van der Waals surface area contributed by atoms with Gasteiger partial charge < -0.3 is 5.32 Å². The third-order valence-electron chi connectivity index (χ3n) is 3.53. The number of rotatable bonds is 7. The van der Waals surface area contributed by atoms with Crippen LogP contribution >= 0.6 is 11.6 Å². The molecule has 0 saturated carbocycles. The maximum absolute atomic E-state index is 6.00. The van der Waals surface area contributed by atoms with Gasteiger partial charge in [-0.15, -0.1) is 0 Å². The maximum Gasteiger partial charge on any atom is 0.0406 e. The molecule has 0 aliphatic rings. The van der Waals surface area contributed by atoms with Crippen LogP contribution in [0.25, 0.3) is 0 Å². The van der Waals surface area contributed by atoms with Crippen molar-refractivity contribution in [3.05, 3.63) is 34.9 Å². The predicted molar refractivity (Wildman–Crippen MR) is 90.6 cm³/mol. The van der Waals surface area contributed by atoms with Gasteiger partial charge in [0.1, 0.15) is 0 Å². The zero-order valence-corrected chi connectivity index (χ0v) is 14.4. The lowest BCUT2D eigenvalue weighted by Gasteiger charge is -2.24. The van der Waals surface area contributed by atoms with Crippen LogP contribution in [-0.4, -0.2) is 13.1 Å². The van der Waals surface area contributed by atoms with Crippen molar-refractivity contribution in [2.24, 2.45) is 11.3 Å². The highest BCUT2D eigenvalue weighted by molar-refractivity contribution is 6.30. The molecule has 1 unspecified atom stereocenters. The van der Waals surface area contributed by atoms with Crippen LogP contribution in [0.15, 0.2) is 24.3 Å². The van der Waals surface area contributed by atoms with Gasteiger partial charge in [0.15, 0.2) is 0 Å². The molecule has 1 N–H and O–H groups in total. The van der Waals surface area contributed by atoms with Crippen molar-refractivity contribution in [1.82, 2.24) is 5.32 Å². The Morgan fingerprint density at radius 3 is 2.15 bits per heavy atom. The lowest BCUT2D eigenvalue weighted by molar-refractivity contribution is 0.343. The second-order valence-corrected chi connectivity index (χ2v) is 7.84. The molecule has 0 saturated heterocycles. The van der Waals surface area contributed by atoms with E-state index in [0.717, 1.165) is 18.1 Å². The van der Waals surface area contributed by atoms with Crippen LogP contribution in [0.2, 0.25) is 5.02 Å². The summed E-state index contributed by atoms with van der Waals surface area (Å²) in [5.41, 5.74) is 1.79. The molecular weight excluding hydrogens is 266 g/mol. The first-order valence-electron chi connectivity index (χ1n) is 7.74. The molecule has 0 radical (unpaired) electrons. The molecule has 0 aliphatic carbocycles. The third kappa shape index (κ3) is 7.31. The molecule has 0 fully saturated rings. The average molecular weight is 296 g/mol. The van der Waals surface area contributed by atoms with Gasteiger partial charge in [-0.05, 0) is 54.3 Å². The predicted octanol–water partition coefficient (Wildman–Crippen LogP) is 5.50. The van der Waals surface area contributed by atoms with E-state index in [1.807, 2.05) is 12.1 Å². The molecule has 1 nitrogen and oxygen atoms in total. The van der Waals surface area contributed by atoms with Crippen molar-refractivity contribution in [3.63, 3.8) is 0 Å². The number of benzene rings is 1. The topological polar surface area (TPSA) is 12.0 Å². The summed E-state index contributed by atoms with van der Waals surface area (Å²) < 4.78 is 0. The van der Waals surface area contributed by atoms with Gasteiger partial charge in [-0.2, -0.15) is 0 Å². The third-order valence-corrected chi connectivity index (χ3v) is 3.78. The molecule has 0 spiro atoms. The van der Waals surface area contributed by atoms with E-state index in [-0.39, 0.29) is 0 Å². The summed E-state index contributed by atoms with van der Waals surface area (Å²) in [6, 6.07) is 8.35. The molecular formula is C18H30ClN. The Morgan fingerprint density at radius 2 is 1.65 bits per heavy atom.